The molecule has 0 radical (unpaired) electrons. The SMILES string of the molecule is CCOC(=O)C1CCN(C(=O)CN(C)C(=O)C(N)C(C)CC)CC1.Cl. The Hall–Kier alpha value is -1.34. The monoisotopic (exact) mass is 377 g/mol. The lowest BCUT2D eigenvalue weighted by Gasteiger charge is -2.32. The van der Waals surface area contributed by atoms with Crippen LogP contribution in [0.1, 0.15) is 40.0 Å². The molecule has 0 aromatic rings. The van der Waals surface area contributed by atoms with Crippen molar-refractivity contribution in [2.24, 2.45) is 17.6 Å². The van der Waals surface area contributed by atoms with Crippen molar-refractivity contribution < 1.29 is 19.1 Å². The van der Waals surface area contributed by atoms with E-state index in [9.17, 15) is 14.4 Å². The number of ether oxygens (including phenoxy) is 1. The van der Waals surface area contributed by atoms with Crippen molar-refractivity contribution in [2.75, 3.05) is 33.3 Å². The molecule has 1 fully saturated rings. The Morgan fingerprint density at radius 1 is 1.24 bits per heavy atom. The molecule has 0 aliphatic carbocycles. The molecule has 1 heterocycles. The normalized spacial score (nSPS) is 17.2. The molecule has 2 amide bonds. The Labute approximate surface area is 156 Å². The summed E-state index contributed by atoms with van der Waals surface area (Å²) in [6, 6.07) is -0.581. The maximum absolute atomic E-state index is 12.4. The highest BCUT2D eigenvalue weighted by Gasteiger charge is 2.30. The van der Waals surface area contributed by atoms with Crippen LogP contribution >= 0.6 is 12.4 Å². The number of halogens is 1. The van der Waals surface area contributed by atoms with E-state index in [-0.39, 0.29) is 48.6 Å². The van der Waals surface area contributed by atoms with Gasteiger partial charge in [-0.3, -0.25) is 14.4 Å². The molecule has 0 saturated carbocycles. The van der Waals surface area contributed by atoms with Crippen LogP contribution in [0.3, 0.4) is 0 Å². The van der Waals surface area contributed by atoms with Crippen molar-refractivity contribution in [3.8, 4) is 0 Å². The smallest absolute Gasteiger partial charge is 0.309 e. The fourth-order valence-corrected chi connectivity index (χ4v) is 2.76. The van der Waals surface area contributed by atoms with E-state index in [0.717, 1.165) is 6.42 Å². The number of amides is 2. The third-order valence-corrected chi connectivity index (χ3v) is 4.76. The molecule has 1 saturated heterocycles. The second-order valence-electron chi connectivity index (χ2n) is 6.51. The van der Waals surface area contributed by atoms with Gasteiger partial charge in [-0.2, -0.15) is 0 Å². The summed E-state index contributed by atoms with van der Waals surface area (Å²) in [5, 5.41) is 0. The number of hydrogen-bond donors (Lipinski definition) is 1. The van der Waals surface area contributed by atoms with Gasteiger partial charge in [-0.15, -0.1) is 12.4 Å². The number of hydrogen-bond acceptors (Lipinski definition) is 5. The van der Waals surface area contributed by atoms with Gasteiger partial charge in [0.05, 0.1) is 25.1 Å². The van der Waals surface area contributed by atoms with Gasteiger partial charge in [0.25, 0.3) is 0 Å². The van der Waals surface area contributed by atoms with E-state index in [1.54, 1.807) is 18.9 Å². The summed E-state index contributed by atoms with van der Waals surface area (Å²) >= 11 is 0. The second kappa shape index (κ2) is 11.3. The summed E-state index contributed by atoms with van der Waals surface area (Å²) in [6.45, 7) is 7.13. The first-order valence-electron chi connectivity index (χ1n) is 8.76. The van der Waals surface area contributed by atoms with E-state index < -0.39 is 6.04 Å². The Morgan fingerprint density at radius 2 is 1.80 bits per heavy atom. The average Bonchev–Trinajstić information content (AvgIpc) is 2.59. The van der Waals surface area contributed by atoms with Gasteiger partial charge in [0, 0.05) is 20.1 Å². The zero-order chi connectivity index (χ0) is 18.3. The Morgan fingerprint density at radius 3 is 2.28 bits per heavy atom. The Bertz CT molecular complexity index is 453. The van der Waals surface area contributed by atoms with E-state index in [0.29, 0.717) is 32.5 Å². The number of esters is 1. The number of carbonyl (C=O) groups excluding carboxylic acids is 3. The zero-order valence-electron chi connectivity index (χ0n) is 15.7. The van der Waals surface area contributed by atoms with Crippen LogP contribution in [0.15, 0.2) is 0 Å². The van der Waals surface area contributed by atoms with Gasteiger partial charge in [-0.05, 0) is 25.7 Å². The van der Waals surface area contributed by atoms with Gasteiger partial charge < -0.3 is 20.3 Å². The van der Waals surface area contributed by atoms with Gasteiger partial charge in [0.15, 0.2) is 0 Å². The van der Waals surface area contributed by atoms with Crippen molar-refractivity contribution in [3.05, 3.63) is 0 Å². The highest BCUT2D eigenvalue weighted by Crippen LogP contribution is 2.19. The summed E-state index contributed by atoms with van der Waals surface area (Å²) < 4.78 is 5.02. The van der Waals surface area contributed by atoms with E-state index in [4.69, 9.17) is 10.5 Å². The average molecular weight is 378 g/mol. The molecule has 25 heavy (non-hydrogen) atoms. The second-order valence-corrected chi connectivity index (χ2v) is 6.51. The molecule has 2 atom stereocenters. The Kier molecular flexibility index (Phi) is 10.7. The van der Waals surface area contributed by atoms with Gasteiger partial charge in [-0.25, -0.2) is 0 Å². The topological polar surface area (TPSA) is 92.9 Å². The number of rotatable bonds is 7. The summed E-state index contributed by atoms with van der Waals surface area (Å²) in [6.07, 6.45) is 2.03. The van der Waals surface area contributed by atoms with Crippen molar-refractivity contribution in [1.82, 2.24) is 9.80 Å². The third-order valence-electron chi connectivity index (χ3n) is 4.76. The van der Waals surface area contributed by atoms with Gasteiger partial charge in [0.2, 0.25) is 11.8 Å². The van der Waals surface area contributed by atoms with Crippen molar-refractivity contribution in [2.45, 2.75) is 46.1 Å². The van der Waals surface area contributed by atoms with Crippen LogP contribution in [0.25, 0.3) is 0 Å². The van der Waals surface area contributed by atoms with Crippen LogP contribution in [-0.4, -0.2) is 66.9 Å². The third kappa shape index (κ3) is 6.82. The molecule has 8 heteroatoms. The van der Waals surface area contributed by atoms with Crippen LogP contribution in [0.4, 0.5) is 0 Å². The largest absolute Gasteiger partial charge is 0.466 e. The standard InChI is InChI=1S/C17H31N3O4.ClH/c1-5-12(3)15(18)16(22)19(4)11-14(21)20-9-7-13(8-10-20)17(23)24-6-2;/h12-13,15H,5-11,18H2,1-4H3;1H. The van der Waals surface area contributed by atoms with Crippen molar-refractivity contribution >= 4 is 30.2 Å². The summed E-state index contributed by atoms with van der Waals surface area (Å²) in [4.78, 5) is 39.4. The van der Waals surface area contributed by atoms with E-state index >= 15 is 0 Å². The highest BCUT2D eigenvalue weighted by atomic mass is 35.5. The first kappa shape index (κ1) is 23.7. The molecular formula is C17H32ClN3O4. The summed E-state index contributed by atoms with van der Waals surface area (Å²) in [7, 11) is 1.60. The van der Waals surface area contributed by atoms with E-state index in [2.05, 4.69) is 0 Å². The zero-order valence-corrected chi connectivity index (χ0v) is 16.5. The minimum atomic E-state index is -0.581. The summed E-state index contributed by atoms with van der Waals surface area (Å²) in [5.74, 6) is -0.553. The van der Waals surface area contributed by atoms with Crippen molar-refractivity contribution in [1.29, 1.82) is 0 Å². The van der Waals surface area contributed by atoms with E-state index in [1.807, 2.05) is 13.8 Å². The first-order valence-corrected chi connectivity index (χ1v) is 8.76. The number of nitrogens with zero attached hydrogens (tertiary/aromatic N) is 2. The lowest BCUT2D eigenvalue weighted by Crippen LogP contribution is -2.50. The van der Waals surface area contributed by atoms with Crippen molar-refractivity contribution in [3.63, 3.8) is 0 Å². The lowest BCUT2D eigenvalue weighted by molar-refractivity contribution is -0.151. The molecular weight excluding hydrogens is 346 g/mol. The molecule has 0 spiro atoms. The quantitative estimate of drug-likeness (QED) is 0.669. The predicted molar refractivity (Wildman–Crippen MR) is 98.3 cm³/mol. The number of likely N-dealkylation sites (N-methyl/N-ethyl adjacent to an activating group) is 1. The fourth-order valence-electron chi connectivity index (χ4n) is 2.76. The van der Waals surface area contributed by atoms with Gasteiger partial charge >= 0.3 is 5.97 Å². The molecule has 0 aromatic carbocycles. The Balaban J connectivity index is 0.00000576. The van der Waals surface area contributed by atoms with Crippen LogP contribution < -0.4 is 5.73 Å². The molecule has 146 valence electrons. The summed E-state index contributed by atoms with van der Waals surface area (Å²) in [5.41, 5.74) is 5.94. The fraction of sp³-hybridized carbons (Fsp3) is 0.824. The highest BCUT2D eigenvalue weighted by molar-refractivity contribution is 5.87. The minimum Gasteiger partial charge on any atom is -0.466 e. The van der Waals surface area contributed by atoms with Crippen LogP contribution in [0, 0.1) is 11.8 Å². The predicted octanol–water partition coefficient (Wildman–Crippen LogP) is 1.04. The lowest BCUT2D eigenvalue weighted by atomic mass is 9.97. The number of carbonyl (C=O) groups is 3. The van der Waals surface area contributed by atoms with Crippen LogP contribution in [0.2, 0.25) is 0 Å². The molecule has 0 aromatic heterocycles. The minimum absolute atomic E-state index is 0. The molecule has 7 nitrogen and oxygen atoms in total. The number of piperidine rings is 1. The van der Waals surface area contributed by atoms with Crippen LogP contribution in [0.5, 0.6) is 0 Å². The molecule has 2 unspecified atom stereocenters. The van der Waals surface area contributed by atoms with Gasteiger partial charge in [0.1, 0.15) is 0 Å². The molecule has 1 rings (SSSR count). The first-order chi connectivity index (χ1) is 11.3. The maximum Gasteiger partial charge on any atom is 0.309 e. The molecule has 0 bridgehead atoms. The van der Waals surface area contributed by atoms with Gasteiger partial charge in [-0.1, -0.05) is 20.3 Å². The van der Waals surface area contributed by atoms with Crippen LogP contribution in [-0.2, 0) is 19.1 Å². The molecule has 1 aliphatic heterocycles. The van der Waals surface area contributed by atoms with E-state index in [1.165, 1.54) is 4.90 Å². The molecule has 2 N–H and O–H groups in total. The number of likely N-dealkylation sites (tertiary alicyclic amines) is 1. The maximum atomic E-state index is 12.4. The molecule has 1 aliphatic rings. The number of nitrogens with two attached hydrogens (primary N) is 1.